The molecular weight excluding hydrogens is 391 g/mol. The fourth-order valence-corrected chi connectivity index (χ4v) is 4.01. The average molecular weight is 405 g/mol. The Morgan fingerprint density at radius 1 is 1.12 bits per heavy atom. The molecule has 8 heteroatoms. The molecule has 1 unspecified atom stereocenters. The summed E-state index contributed by atoms with van der Waals surface area (Å²) in [5, 5.41) is 9.08. The molecule has 0 saturated heterocycles. The number of amides is 1. The number of thioether (sulfide) groups is 1. The lowest BCUT2D eigenvalue weighted by molar-refractivity contribution is -0.118. The van der Waals surface area contributed by atoms with Gasteiger partial charge in [-0.15, -0.1) is 0 Å². The Morgan fingerprint density at radius 2 is 1.92 bits per heavy atom. The molecule has 2 aliphatic heterocycles. The number of hydrogen-bond donors (Lipinski definition) is 2. The van der Waals surface area contributed by atoms with E-state index in [-0.39, 0.29) is 12.2 Å². The number of carbonyl (C=O) groups excluding carboxylic acids is 1. The highest BCUT2D eigenvalue weighted by atomic mass is 35.5. The van der Waals surface area contributed by atoms with E-state index in [1.165, 1.54) is 0 Å². The van der Waals surface area contributed by atoms with Crippen LogP contribution in [0.2, 0.25) is 10.0 Å². The topological polar surface area (TPSA) is 56.7 Å². The molecule has 26 heavy (non-hydrogen) atoms. The number of amidine groups is 1. The number of benzene rings is 2. The Labute approximate surface area is 165 Å². The zero-order chi connectivity index (χ0) is 18.1. The van der Waals surface area contributed by atoms with E-state index in [0.717, 1.165) is 22.0 Å². The van der Waals surface area contributed by atoms with Crippen molar-refractivity contribution in [3.05, 3.63) is 75.8 Å². The third-order valence-electron chi connectivity index (χ3n) is 3.97. The van der Waals surface area contributed by atoms with Gasteiger partial charge in [-0.1, -0.05) is 71.4 Å². The predicted molar refractivity (Wildman–Crippen MR) is 107 cm³/mol. The van der Waals surface area contributed by atoms with E-state index < -0.39 is 0 Å². The number of hydrogen-bond acceptors (Lipinski definition) is 5. The maximum Gasteiger partial charge on any atom is 0.249 e. The highest BCUT2D eigenvalue weighted by molar-refractivity contribution is 8.13. The van der Waals surface area contributed by atoms with E-state index in [1.54, 1.807) is 23.9 Å². The number of hydrazone groups is 1. The first-order chi connectivity index (χ1) is 12.6. The van der Waals surface area contributed by atoms with Crippen molar-refractivity contribution in [3.8, 4) is 0 Å². The molecule has 132 valence electrons. The van der Waals surface area contributed by atoms with Gasteiger partial charge in [0.15, 0.2) is 11.5 Å². The van der Waals surface area contributed by atoms with Crippen molar-refractivity contribution in [2.24, 2.45) is 5.10 Å². The van der Waals surface area contributed by atoms with E-state index in [0.29, 0.717) is 15.8 Å². The van der Waals surface area contributed by atoms with Gasteiger partial charge < -0.3 is 5.32 Å². The van der Waals surface area contributed by atoms with Crippen LogP contribution in [-0.4, -0.2) is 22.3 Å². The van der Waals surface area contributed by atoms with Crippen LogP contribution in [0.3, 0.4) is 0 Å². The zero-order valence-corrected chi connectivity index (χ0v) is 15.8. The third kappa shape index (κ3) is 3.40. The molecule has 0 aromatic heterocycles. The van der Waals surface area contributed by atoms with Gasteiger partial charge in [-0.25, -0.2) is 0 Å². The fraction of sp³-hybridized carbons (Fsp3) is 0.111. The maximum absolute atomic E-state index is 12.0. The molecular formula is C18H14Cl2N4OS. The lowest BCUT2D eigenvalue weighted by atomic mass is 10.1. The van der Waals surface area contributed by atoms with E-state index in [4.69, 9.17) is 23.2 Å². The molecule has 2 aliphatic rings. The van der Waals surface area contributed by atoms with Gasteiger partial charge in [0.25, 0.3) is 0 Å². The van der Waals surface area contributed by atoms with E-state index in [9.17, 15) is 4.79 Å². The smallest absolute Gasteiger partial charge is 0.249 e. The molecule has 5 nitrogen and oxygen atoms in total. The Bertz CT molecular complexity index is 917. The zero-order valence-electron chi connectivity index (χ0n) is 13.4. The van der Waals surface area contributed by atoms with Crippen molar-refractivity contribution in [3.63, 3.8) is 0 Å². The lowest BCUT2D eigenvalue weighted by Crippen LogP contribution is -2.53. The molecule has 1 atom stereocenters. The highest BCUT2D eigenvalue weighted by Crippen LogP contribution is 2.31. The van der Waals surface area contributed by atoms with Crippen LogP contribution in [0.1, 0.15) is 11.1 Å². The van der Waals surface area contributed by atoms with Crippen LogP contribution in [0.15, 0.2) is 59.7 Å². The average Bonchev–Trinajstić information content (AvgIpc) is 3.05. The standard InChI is InChI=1S/C18H14Cl2N4OS/c19-13-7-6-11(8-14(13)20)10-26-18-23-22-17-21-16(25)9-15(24(17)18)12-4-2-1-3-5-12/h1-9,17,22H,10H2,(H,21,25). The van der Waals surface area contributed by atoms with Gasteiger partial charge in [0, 0.05) is 11.8 Å². The summed E-state index contributed by atoms with van der Waals surface area (Å²) < 4.78 is 0. The van der Waals surface area contributed by atoms with E-state index in [2.05, 4.69) is 15.8 Å². The quantitative estimate of drug-likeness (QED) is 0.815. The first-order valence-corrected chi connectivity index (χ1v) is 9.63. The first kappa shape index (κ1) is 17.3. The molecule has 0 bridgehead atoms. The van der Waals surface area contributed by atoms with Crippen LogP contribution in [0.25, 0.3) is 5.70 Å². The Morgan fingerprint density at radius 3 is 2.69 bits per heavy atom. The SMILES string of the molecule is O=C1C=C(c2ccccc2)N2C(SCc3ccc(Cl)c(Cl)c3)=NNC2N1. The number of rotatable bonds is 3. The van der Waals surface area contributed by atoms with Crippen LogP contribution >= 0.6 is 35.0 Å². The second kappa shape index (κ2) is 7.23. The first-order valence-electron chi connectivity index (χ1n) is 7.88. The minimum absolute atomic E-state index is 0.150. The summed E-state index contributed by atoms with van der Waals surface area (Å²) in [6, 6.07) is 15.4. The van der Waals surface area contributed by atoms with E-state index in [1.807, 2.05) is 47.4 Å². The third-order valence-corrected chi connectivity index (χ3v) is 5.74. The van der Waals surface area contributed by atoms with Crippen molar-refractivity contribution < 1.29 is 4.79 Å². The van der Waals surface area contributed by atoms with Crippen molar-refractivity contribution in [2.45, 2.75) is 12.0 Å². The van der Waals surface area contributed by atoms with Crippen LogP contribution in [0.5, 0.6) is 0 Å². The molecule has 2 N–H and O–H groups in total. The second-order valence-electron chi connectivity index (χ2n) is 5.74. The molecule has 2 aromatic carbocycles. The fourth-order valence-electron chi connectivity index (χ4n) is 2.76. The molecule has 0 radical (unpaired) electrons. The van der Waals surface area contributed by atoms with Crippen LogP contribution in [-0.2, 0) is 10.5 Å². The van der Waals surface area contributed by atoms with Crippen LogP contribution in [0, 0.1) is 0 Å². The number of carbonyl (C=O) groups is 1. The van der Waals surface area contributed by atoms with Gasteiger partial charge in [0.05, 0.1) is 15.7 Å². The van der Waals surface area contributed by atoms with Gasteiger partial charge in [-0.2, -0.15) is 5.10 Å². The van der Waals surface area contributed by atoms with E-state index >= 15 is 0 Å². The van der Waals surface area contributed by atoms with Crippen LogP contribution in [0.4, 0.5) is 0 Å². The second-order valence-corrected chi connectivity index (χ2v) is 7.49. The van der Waals surface area contributed by atoms with Crippen molar-refractivity contribution in [1.82, 2.24) is 15.6 Å². The van der Waals surface area contributed by atoms with Crippen LogP contribution < -0.4 is 10.7 Å². The Balaban J connectivity index is 1.56. The van der Waals surface area contributed by atoms with Crippen molar-refractivity contribution in [1.29, 1.82) is 0 Å². The largest absolute Gasteiger partial charge is 0.314 e. The lowest BCUT2D eigenvalue weighted by Gasteiger charge is -2.32. The number of fused-ring (bicyclic) bond motifs is 1. The monoisotopic (exact) mass is 404 g/mol. The van der Waals surface area contributed by atoms with Gasteiger partial charge in [0.2, 0.25) is 5.91 Å². The minimum Gasteiger partial charge on any atom is -0.314 e. The summed E-state index contributed by atoms with van der Waals surface area (Å²) >= 11 is 13.6. The van der Waals surface area contributed by atoms with Gasteiger partial charge in [-0.05, 0) is 23.3 Å². The Kier molecular flexibility index (Phi) is 4.80. The predicted octanol–water partition coefficient (Wildman–Crippen LogP) is 3.86. The van der Waals surface area contributed by atoms with Crippen molar-refractivity contribution in [2.75, 3.05) is 0 Å². The molecule has 2 aromatic rings. The molecule has 1 amide bonds. The Hall–Kier alpha value is -2.15. The minimum atomic E-state index is -0.390. The number of nitrogens with zero attached hydrogens (tertiary/aromatic N) is 2. The molecule has 0 spiro atoms. The number of nitrogens with one attached hydrogen (secondary N) is 2. The van der Waals surface area contributed by atoms with Crippen molar-refractivity contribution >= 4 is 51.7 Å². The summed E-state index contributed by atoms with van der Waals surface area (Å²) in [6.07, 6.45) is 1.20. The molecule has 0 saturated carbocycles. The highest BCUT2D eigenvalue weighted by Gasteiger charge is 2.35. The molecule has 0 fully saturated rings. The normalized spacial score (nSPS) is 18.6. The summed E-state index contributed by atoms with van der Waals surface area (Å²) in [7, 11) is 0. The summed E-state index contributed by atoms with van der Waals surface area (Å²) in [6.45, 7) is 0. The maximum atomic E-state index is 12.0. The summed E-state index contributed by atoms with van der Waals surface area (Å²) in [5.41, 5.74) is 5.78. The molecule has 2 heterocycles. The summed E-state index contributed by atoms with van der Waals surface area (Å²) in [4.78, 5) is 14.0. The summed E-state index contributed by atoms with van der Waals surface area (Å²) in [5.74, 6) is 0.528. The number of halogens is 2. The molecule has 0 aliphatic carbocycles. The van der Waals surface area contributed by atoms with Gasteiger partial charge in [0.1, 0.15) is 0 Å². The molecule has 4 rings (SSSR count). The van der Waals surface area contributed by atoms with Gasteiger partial charge in [-0.3, -0.25) is 15.1 Å². The van der Waals surface area contributed by atoms with Gasteiger partial charge >= 0.3 is 0 Å².